The van der Waals surface area contributed by atoms with Crippen molar-refractivity contribution in [3.05, 3.63) is 47.5 Å². The Kier molecular flexibility index (Phi) is 2.45. The lowest BCUT2D eigenvalue weighted by Gasteiger charge is -2.09. The van der Waals surface area contributed by atoms with Crippen LogP contribution in [-0.2, 0) is 0 Å². The second kappa shape index (κ2) is 4.22. The van der Waals surface area contributed by atoms with Gasteiger partial charge in [0, 0.05) is 10.8 Å². The van der Waals surface area contributed by atoms with E-state index < -0.39 is 0 Å². The summed E-state index contributed by atoms with van der Waals surface area (Å²) in [5.74, 6) is 1.53. The van der Waals surface area contributed by atoms with Crippen LogP contribution in [0.1, 0.15) is 11.1 Å². The van der Waals surface area contributed by atoms with Crippen molar-refractivity contribution in [1.82, 2.24) is 4.98 Å². The van der Waals surface area contributed by atoms with Crippen LogP contribution in [0.15, 0.2) is 40.8 Å². The highest BCUT2D eigenvalue weighted by molar-refractivity contribution is 6.02. The van der Waals surface area contributed by atoms with Crippen LogP contribution in [0, 0.1) is 13.8 Å². The maximum Gasteiger partial charge on any atom is 0.228 e. The molecule has 0 aliphatic carbocycles. The average Bonchev–Trinajstić information content (AvgIpc) is 2.85. The molecule has 3 nitrogen and oxygen atoms in total. The molecule has 0 amide bonds. The van der Waals surface area contributed by atoms with Crippen molar-refractivity contribution >= 4 is 21.9 Å². The fourth-order valence-electron chi connectivity index (χ4n) is 2.92. The van der Waals surface area contributed by atoms with Crippen molar-refractivity contribution in [1.29, 1.82) is 0 Å². The SMILES string of the molecule is COc1ccc2oc3nc4ccc(C)cc4c-3c(C)c2c1. The fraction of sp³-hybridized carbons (Fsp3) is 0.167. The highest BCUT2D eigenvalue weighted by Gasteiger charge is 2.19. The molecule has 0 saturated heterocycles. The molecule has 0 saturated carbocycles. The number of nitrogens with zero attached hydrogens (tertiary/aromatic N) is 1. The van der Waals surface area contributed by atoms with Gasteiger partial charge >= 0.3 is 0 Å². The number of rotatable bonds is 1. The van der Waals surface area contributed by atoms with E-state index >= 15 is 0 Å². The summed E-state index contributed by atoms with van der Waals surface area (Å²) >= 11 is 0. The largest absolute Gasteiger partial charge is 0.497 e. The van der Waals surface area contributed by atoms with Crippen LogP contribution >= 0.6 is 0 Å². The number of benzene rings is 2. The van der Waals surface area contributed by atoms with Gasteiger partial charge in [-0.15, -0.1) is 0 Å². The Morgan fingerprint density at radius 1 is 1.00 bits per heavy atom. The number of methoxy groups -OCH3 is 1. The first kappa shape index (κ1) is 12.2. The molecular formula is C18H15NO2. The van der Waals surface area contributed by atoms with Crippen LogP contribution in [0.4, 0.5) is 0 Å². The summed E-state index contributed by atoms with van der Waals surface area (Å²) in [7, 11) is 1.68. The normalized spacial score (nSPS) is 11.6. The molecule has 21 heavy (non-hydrogen) atoms. The van der Waals surface area contributed by atoms with Gasteiger partial charge < -0.3 is 9.15 Å². The van der Waals surface area contributed by atoms with E-state index in [0.29, 0.717) is 5.89 Å². The second-order valence-electron chi connectivity index (χ2n) is 5.40. The van der Waals surface area contributed by atoms with Gasteiger partial charge in [0.25, 0.3) is 0 Å². The third kappa shape index (κ3) is 1.70. The molecule has 0 radical (unpaired) electrons. The van der Waals surface area contributed by atoms with Crippen molar-refractivity contribution in [3.8, 4) is 17.2 Å². The molecule has 2 aliphatic heterocycles. The number of aromatic nitrogens is 1. The predicted octanol–water partition coefficient (Wildman–Crippen LogP) is 4.71. The predicted molar refractivity (Wildman–Crippen MR) is 84.2 cm³/mol. The first-order valence-corrected chi connectivity index (χ1v) is 6.94. The van der Waals surface area contributed by atoms with E-state index in [4.69, 9.17) is 9.15 Å². The maximum atomic E-state index is 5.98. The van der Waals surface area contributed by atoms with Gasteiger partial charge in [-0.1, -0.05) is 11.6 Å². The minimum Gasteiger partial charge on any atom is -0.497 e. The van der Waals surface area contributed by atoms with Crippen molar-refractivity contribution in [2.75, 3.05) is 7.11 Å². The quantitative estimate of drug-likeness (QED) is 0.505. The number of fused-ring (bicyclic) bond motifs is 4. The van der Waals surface area contributed by atoms with E-state index in [1.54, 1.807) is 7.11 Å². The molecule has 3 heteroatoms. The lowest BCUT2D eigenvalue weighted by Crippen LogP contribution is -1.88. The summed E-state index contributed by atoms with van der Waals surface area (Å²) in [6.45, 7) is 4.21. The molecule has 0 fully saturated rings. The van der Waals surface area contributed by atoms with E-state index in [1.165, 1.54) is 11.1 Å². The van der Waals surface area contributed by atoms with Crippen molar-refractivity contribution in [2.24, 2.45) is 0 Å². The molecule has 4 rings (SSSR count). The van der Waals surface area contributed by atoms with Gasteiger partial charge in [-0.25, -0.2) is 4.98 Å². The zero-order valence-corrected chi connectivity index (χ0v) is 12.2. The summed E-state index contributed by atoms with van der Waals surface area (Å²) < 4.78 is 11.3. The lowest BCUT2D eigenvalue weighted by atomic mass is 10.0. The van der Waals surface area contributed by atoms with Gasteiger partial charge in [0.1, 0.15) is 11.3 Å². The van der Waals surface area contributed by atoms with E-state index in [1.807, 2.05) is 24.3 Å². The molecule has 0 spiro atoms. The van der Waals surface area contributed by atoms with Crippen LogP contribution in [0.25, 0.3) is 33.3 Å². The smallest absolute Gasteiger partial charge is 0.228 e. The van der Waals surface area contributed by atoms with Gasteiger partial charge in [-0.05, 0) is 49.7 Å². The first-order chi connectivity index (χ1) is 10.2. The van der Waals surface area contributed by atoms with Gasteiger partial charge in [-0.3, -0.25) is 0 Å². The Labute approximate surface area is 122 Å². The van der Waals surface area contributed by atoms with Crippen LogP contribution in [-0.4, -0.2) is 12.1 Å². The highest BCUT2D eigenvalue weighted by atomic mass is 16.5. The molecule has 104 valence electrons. The molecule has 0 bridgehead atoms. The number of hydrogen-bond acceptors (Lipinski definition) is 3. The minimum absolute atomic E-state index is 0.700. The Morgan fingerprint density at radius 2 is 1.86 bits per heavy atom. The van der Waals surface area contributed by atoms with Gasteiger partial charge in [0.2, 0.25) is 5.89 Å². The summed E-state index contributed by atoms with van der Waals surface area (Å²) in [4.78, 5) is 4.61. The van der Waals surface area contributed by atoms with Crippen LogP contribution in [0.3, 0.4) is 0 Å². The monoisotopic (exact) mass is 277 g/mol. The molecule has 2 aliphatic rings. The molecule has 0 unspecified atom stereocenters. The molecule has 0 N–H and O–H groups in total. The average molecular weight is 277 g/mol. The minimum atomic E-state index is 0.700. The molecule has 2 aromatic carbocycles. The van der Waals surface area contributed by atoms with Crippen molar-refractivity contribution in [2.45, 2.75) is 13.8 Å². The number of aryl methyl sites for hydroxylation is 2. The van der Waals surface area contributed by atoms with Crippen LogP contribution in [0.5, 0.6) is 5.75 Å². The van der Waals surface area contributed by atoms with Gasteiger partial charge in [0.05, 0.1) is 18.2 Å². The molecular weight excluding hydrogens is 262 g/mol. The fourth-order valence-corrected chi connectivity index (χ4v) is 2.92. The maximum absolute atomic E-state index is 5.98. The topological polar surface area (TPSA) is 35.3 Å². The third-order valence-corrected chi connectivity index (χ3v) is 4.03. The van der Waals surface area contributed by atoms with E-state index in [2.05, 4.69) is 31.0 Å². The standard InChI is InChI=1S/C18H15NO2/c1-10-4-6-15-14(8-10)17-11(2)13-9-12(20-3)5-7-16(13)21-18(17)19-15/h4-9H,1-3H3. The second-order valence-corrected chi connectivity index (χ2v) is 5.40. The van der Waals surface area contributed by atoms with Crippen molar-refractivity contribution < 1.29 is 9.15 Å². The molecule has 2 aromatic rings. The van der Waals surface area contributed by atoms with Crippen molar-refractivity contribution in [3.63, 3.8) is 0 Å². The number of ether oxygens (including phenoxy) is 1. The Bertz CT molecular complexity index is 952. The number of hydrogen-bond donors (Lipinski definition) is 0. The molecule has 0 aromatic heterocycles. The Hall–Kier alpha value is -2.55. The summed E-state index contributed by atoms with van der Waals surface area (Å²) in [6.07, 6.45) is 0. The molecule has 0 atom stereocenters. The molecule has 2 heterocycles. The summed E-state index contributed by atoms with van der Waals surface area (Å²) in [5, 5.41) is 2.22. The van der Waals surface area contributed by atoms with Crippen LogP contribution < -0.4 is 4.74 Å². The van der Waals surface area contributed by atoms with E-state index in [9.17, 15) is 0 Å². The van der Waals surface area contributed by atoms with Gasteiger partial charge in [0.15, 0.2) is 0 Å². The van der Waals surface area contributed by atoms with E-state index in [0.717, 1.165) is 33.2 Å². The first-order valence-electron chi connectivity index (χ1n) is 6.94. The summed E-state index contributed by atoms with van der Waals surface area (Å²) in [6, 6.07) is 12.1. The Balaban J connectivity index is 2.19. The lowest BCUT2D eigenvalue weighted by molar-refractivity contribution is 0.415. The Morgan fingerprint density at radius 3 is 2.67 bits per heavy atom. The summed E-state index contributed by atoms with van der Waals surface area (Å²) in [5.41, 5.74) is 5.31. The van der Waals surface area contributed by atoms with Gasteiger partial charge in [-0.2, -0.15) is 0 Å². The van der Waals surface area contributed by atoms with Crippen LogP contribution in [0.2, 0.25) is 0 Å². The highest BCUT2D eigenvalue weighted by Crippen LogP contribution is 2.39. The zero-order valence-electron chi connectivity index (χ0n) is 12.2. The third-order valence-electron chi connectivity index (χ3n) is 4.03. The zero-order chi connectivity index (χ0) is 14.6. The van der Waals surface area contributed by atoms with E-state index in [-0.39, 0.29) is 0 Å².